The number of nitrogens with zero attached hydrogens (tertiary/aromatic N) is 1. The third kappa shape index (κ3) is 2.36. The fourth-order valence-electron chi connectivity index (χ4n) is 1.27. The van der Waals surface area contributed by atoms with Crippen LogP contribution in [0.2, 0.25) is 0 Å². The largest absolute Gasteiger partial charge is 0.433 e. The monoisotopic (exact) mass is 215 g/mol. The zero-order valence-electron chi connectivity index (χ0n) is 8.37. The molecule has 0 saturated heterocycles. The van der Waals surface area contributed by atoms with Crippen LogP contribution < -0.4 is 0 Å². The van der Waals surface area contributed by atoms with Crippen molar-refractivity contribution in [2.45, 2.75) is 0 Å². The number of rotatable bonds is 3. The summed E-state index contributed by atoms with van der Waals surface area (Å²) in [6.07, 6.45) is 3.53. The van der Waals surface area contributed by atoms with Crippen LogP contribution in [-0.2, 0) is 0 Å². The lowest BCUT2D eigenvalue weighted by atomic mass is 10.2. The molecular formula is C12H9NO3. The summed E-state index contributed by atoms with van der Waals surface area (Å²) in [6, 6.07) is 12.5. The molecule has 0 aliphatic heterocycles. The van der Waals surface area contributed by atoms with Crippen molar-refractivity contribution in [1.29, 1.82) is 0 Å². The van der Waals surface area contributed by atoms with E-state index in [4.69, 9.17) is 4.42 Å². The molecule has 16 heavy (non-hydrogen) atoms. The van der Waals surface area contributed by atoms with Crippen LogP contribution in [0.25, 0.3) is 12.2 Å². The predicted molar refractivity (Wildman–Crippen MR) is 60.7 cm³/mol. The summed E-state index contributed by atoms with van der Waals surface area (Å²) in [4.78, 5) is 9.82. The van der Waals surface area contributed by atoms with Crippen molar-refractivity contribution in [3.8, 4) is 0 Å². The number of hydrogen-bond acceptors (Lipinski definition) is 3. The van der Waals surface area contributed by atoms with E-state index in [-0.39, 0.29) is 5.88 Å². The van der Waals surface area contributed by atoms with Gasteiger partial charge < -0.3 is 4.42 Å². The lowest BCUT2D eigenvalue weighted by Gasteiger charge is -1.89. The summed E-state index contributed by atoms with van der Waals surface area (Å²) < 4.78 is 4.98. The van der Waals surface area contributed by atoms with Crippen molar-refractivity contribution >= 4 is 18.0 Å². The highest BCUT2D eigenvalue weighted by atomic mass is 16.6. The third-order valence-corrected chi connectivity index (χ3v) is 2.03. The first-order chi connectivity index (χ1) is 7.75. The maximum absolute atomic E-state index is 10.4. The van der Waals surface area contributed by atoms with Gasteiger partial charge in [-0.2, -0.15) is 0 Å². The van der Waals surface area contributed by atoms with E-state index >= 15 is 0 Å². The normalized spacial score (nSPS) is 10.8. The molecule has 0 amide bonds. The van der Waals surface area contributed by atoms with Crippen LogP contribution >= 0.6 is 0 Å². The quantitative estimate of drug-likeness (QED) is 0.582. The molecule has 4 heteroatoms. The minimum absolute atomic E-state index is 0.243. The lowest BCUT2D eigenvalue weighted by Crippen LogP contribution is -1.82. The molecule has 2 rings (SSSR count). The molecule has 2 aromatic rings. The average Bonchev–Trinajstić information content (AvgIpc) is 2.76. The molecule has 0 radical (unpaired) electrons. The standard InChI is InChI=1S/C12H9NO3/c14-13(15)12-9-8-11(16-12)7-6-10-4-2-1-3-5-10/h1-9H. The highest BCUT2D eigenvalue weighted by molar-refractivity contribution is 5.67. The summed E-state index contributed by atoms with van der Waals surface area (Å²) >= 11 is 0. The second-order valence-corrected chi connectivity index (χ2v) is 3.18. The Hall–Kier alpha value is -2.36. The average molecular weight is 215 g/mol. The van der Waals surface area contributed by atoms with E-state index in [1.165, 1.54) is 6.07 Å². The summed E-state index contributed by atoms with van der Waals surface area (Å²) in [5.41, 5.74) is 1.02. The molecule has 1 heterocycles. The van der Waals surface area contributed by atoms with E-state index in [9.17, 15) is 10.1 Å². The van der Waals surface area contributed by atoms with Crippen molar-refractivity contribution in [1.82, 2.24) is 0 Å². The van der Waals surface area contributed by atoms with Crippen LogP contribution in [0.4, 0.5) is 5.88 Å². The third-order valence-electron chi connectivity index (χ3n) is 2.03. The van der Waals surface area contributed by atoms with Crippen molar-refractivity contribution in [3.05, 3.63) is 63.9 Å². The van der Waals surface area contributed by atoms with Gasteiger partial charge in [-0.1, -0.05) is 36.4 Å². The Morgan fingerprint density at radius 1 is 1.06 bits per heavy atom. The van der Waals surface area contributed by atoms with Gasteiger partial charge in [0.1, 0.15) is 10.7 Å². The molecule has 0 aliphatic rings. The van der Waals surface area contributed by atoms with E-state index in [0.717, 1.165) is 5.56 Å². The van der Waals surface area contributed by atoms with Crippen LogP contribution in [-0.4, -0.2) is 4.92 Å². The summed E-state index contributed by atoms with van der Waals surface area (Å²) in [7, 11) is 0. The molecule has 0 saturated carbocycles. The minimum Gasteiger partial charge on any atom is -0.401 e. The Morgan fingerprint density at radius 3 is 2.44 bits per heavy atom. The van der Waals surface area contributed by atoms with Gasteiger partial charge in [-0.3, -0.25) is 10.1 Å². The van der Waals surface area contributed by atoms with Crippen molar-refractivity contribution in [2.75, 3.05) is 0 Å². The van der Waals surface area contributed by atoms with Crippen LogP contribution in [0.1, 0.15) is 11.3 Å². The predicted octanol–water partition coefficient (Wildman–Crippen LogP) is 3.36. The lowest BCUT2D eigenvalue weighted by molar-refractivity contribution is -0.402. The Morgan fingerprint density at radius 2 is 1.81 bits per heavy atom. The number of nitro groups is 1. The molecule has 0 unspecified atom stereocenters. The SMILES string of the molecule is O=[N+]([O-])c1ccc(C=Cc2ccccc2)o1. The summed E-state index contributed by atoms with van der Waals surface area (Å²) in [5, 5.41) is 10.4. The highest BCUT2D eigenvalue weighted by Gasteiger charge is 2.09. The fourth-order valence-corrected chi connectivity index (χ4v) is 1.27. The Bertz CT molecular complexity index is 514. The first-order valence-corrected chi connectivity index (χ1v) is 4.73. The van der Waals surface area contributed by atoms with Gasteiger partial charge in [0.25, 0.3) is 0 Å². The summed E-state index contributed by atoms with van der Waals surface area (Å²) in [5.74, 6) is 0.225. The number of hydrogen-bond donors (Lipinski definition) is 0. The maximum atomic E-state index is 10.4. The van der Waals surface area contributed by atoms with Crippen LogP contribution in [0.3, 0.4) is 0 Å². The van der Waals surface area contributed by atoms with Crippen LogP contribution in [0.5, 0.6) is 0 Å². The second-order valence-electron chi connectivity index (χ2n) is 3.18. The molecule has 0 atom stereocenters. The van der Waals surface area contributed by atoms with Crippen LogP contribution in [0.15, 0.2) is 46.9 Å². The molecular weight excluding hydrogens is 206 g/mol. The molecule has 80 valence electrons. The van der Waals surface area contributed by atoms with Gasteiger partial charge in [0.15, 0.2) is 0 Å². The second kappa shape index (κ2) is 4.44. The maximum Gasteiger partial charge on any atom is 0.433 e. The molecule has 0 bridgehead atoms. The fraction of sp³-hybridized carbons (Fsp3) is 0. The molecule has 0 fully saturated rings. The Kier molecular flexibility index (Phi) is 2.82. The summed E-state index contributed by atoms with van der Waals surface area (Å²) in [6.45, 7) is 0. The first-order valence-electron chi connectivity index (χ1n) is 4.73. The van der Waals surface area contributed by atoms with Crippen molar-refractivity contribution < 1.29 is 9.34 Å². The molecule has 4 nitrogen and oxygen atoms in total. The zero-order valence-corrected chi connectivity index (χ0v) is 8.37. The van der Waals surface area contributed by atoms with Gasteiger partial charge in [-0.05, 0) is 17.7 Å². The van der Waals surface area contributed by atoms with E-state index in [0.29, 0.717) is 5.76 Å². The van der Waals surface area contributed by atoms with Gasteiger partial charge in [-0.15, -0.1) is 0 Å². The van der Waals surface area contributed by atoms with E-state index in [1.807, 2.05) is 36.4 Å². The molecule has 0 aliphatic carbocycles. The van der Waals surface area contributed by atoms with Crippen molar-refractivity contribution in [3.63, 3.8) is 0 Å². The van der Waals surface area contributed by atoms with E-state index < -0.39 is 4.92 Å². The number of benzene rings is 1. The smallest absolute Gasteiger partial charge is 0.401 e. The van der Waals surface area contributed by atoms with Gasteiger partial charge in [0.2, 0.25) is 0 Å². The Labute approximate surface area is 92.0 Å². The molecule has 0 spiro atoms. The van der Waals surface area contributed by atoms with Gasteiger partial charge in [0.05, 0.1) is 6.07 Å². The topological polar surface area (TPSA) is 56.3 Å². The van der Waals surface area contributed by atoms with Gasteiger partial charge in [0, 0.05) is 0 Å². The van der Waals surface area contributed by atoms with Gasteiger partial charge in [-0.25, -0.2) is 0 Å². The van der Waals surface area contributed by atoms with Crippen molar-refractivity contribution in [2.24, 2.45) is 0 Å². The zero-order chi connectivity index (χ0) is 11.4. The van der Waals surface area contributed by atoms with Gasteiger partial charge >= 0.3 is 5.88 Å². The van der Waals surface area contributed by atoms with E-state index in [2.05, 4.69) is 0 Å². The minimum atomic E-state index is -0.556. The number of furan rings is 1. The van der Waals surface area contributed by atoms with Crippen LogP contribution in [0, 0.1) is 10.1 Å². The molecule has 0 N–H and O–H groups in total. The van der Waals surface area contributed by atoms with E-state index in [1.54, 1.807) is 12.1 Å². The Balaban J connectivity index is 2.15. The molecule has 1 aromatic carbocycles. The highest BCUT2D eigenvalue weighted by Crippen LogP contribution is 2.17. The first kappa shape index (κ1) is 10.2. The molecule has 1 aromatic heterocycles.